The Balaban J connectivity index is 2.13. The van der Waals surface area contributed by atoms with Crippen LogP contribution in [0.25, 0.3) is 10.9 Å². The number of nitrogens with zero attached hydrogens (tertiary/aromatic N) is 2. The monoisotopic (exact) mass is 244 g/mol. The number of rotatable bonds is 3. The van der Waals surface area contributed by atoms with Gasteiger partial charge in [-0.1, -0.05) is 12.1 Å². The molecular formula is C13H16N4O. The second-order valence-electron chi connectivity index (χ2n) is 4.61. The molecule has 1 amide bonds. The second kappa shape index (κ2) is 4.42. The molecule has 0 aliphatic carbocycles. The lowest BCUT2D eigenvalue weighted by molar-refractivity contribution is -0.105. The van der Waals surface area contributed by atoms with Crippen molar-refractivity contribution in [2.75, 3.05) is 11.9 Å². The largest absolute Gasteiger partial charge is 0.327 e. The molecule has 0 radical (unpaired) electrons. The van der Waals surface area contributed by atoms with Crippen molar-refractivity contribution in [1.82, 2.24) is 15.1 Å². The molecule has 2 heterocycles. The van der Waals surface area contributed by atoms with Gasteiger partial charge in [0.1, 0.15) is 11.7 Å². The third-order valence-corrected chi connectivity index (χ3v) is 3.52. The highest BCUT2D eigenvalue weighted by atomic mass is 16.1. The Hall–Kier alpha value is -1.88. The molecule has 3 rings (SSSR count). The highest BCUT2D eigenvalue weighted by Gasteiger charge is 2.20. The Bertz CT molecular complexity index is 584. The van der Waals surface area contributed by atoms with Crippen LogP contribution in [0.15, 0.2) is 18.2 Å². The Morgan fingerprint density at radius 3 is 3.17 bits per heavy atom. The average Bonchev–Trinajstić information content (AvgIpc) is 2.99. The van der Waals surface area contributed by atoms with Crippen LogP contribution in [0.1, 0.15) is 24.7 Å². The van der Waals surface area contributed by atoms with E-state index in [9.17, 15) is 4.79 Å². The van der Waals surface area contributed by atoms with Crippen LogP contribution in [0, 0.1) is 6.92 Å². The van der Waals surface area contributed by atoms with Gasteiger partial charge in [0.25, 0.3) is 0 Å². The molecule has 0 bridgehead atoms. The third-order valence-electron chi connectivity index (χ3n) is 3.52. The zero-order chi connectivity index (χ0) is 12.5. The highest BCUT2D eigenvalue weighted by molar-refractivity contribution is 5.95. The first kappa shape index (κ1) is 11.2. The van der Waals surface area contributed by atoms with Crippen LogP contribution in [0.4, 0.5) is 5.69 Å². The van der Waals surface area contributed by atoms with E-state index in [1.54, 1.807) is 0 Å². The van der Waals surface area contributed by atoms with Crippen LogP contribution < -0.4 is 10.6 Å². The van der Waals surface area contributed by atoms with E-state index in [0.29, 0.717) is 6.41 Å². The summed E-state index contributed by atoms with van der Waals surface area (Å²) in [6, 6.07) is 5.85. The number of amides is 1. The summed E-state index contributed by atoms with van der Waals surface area (Å²) in [5.74, 6) is 0. The molecule has 1 aromatic heterocycles. The van der Waals surface area contributed by atoms with Crippen molar-refractivity contribution in [3.8, 4) is 0 Å². The summed E-state index contributed by atoms with van der Waals surface area (Å²) in [5, 5.41) is 11.9. The van der Waals surface area contributed by atoms with Crippen LogP contribution in [0.5, 0.6) is 0 Å². The van der Waals surface area contributed by atoms with Crippen LogP contribution >= 0.6 is 0 Å². The molecule has 2 aromatic rings. The topological polar surface area (TPSA) is 59.0 Å². The van der Waals surface area contributed by atoms with Gasteiger partial charge in [0.15, 0.2) is 0 Å². The van der Waals surface area contributed by atoms with E-state index >= 15 is 0 Å². The third kappa shape index (κ3) is 1.67. The molecule has 1 atom stereocenters. The van der Waals surface area contributed by atoms with Crippen LogP contribution in [-0.4, -0.2) is 22.7 Å². The number of fused-ring (bicyclic) bond motifs is 1. The van der Waals surface area contributed by atoms with Crippen LogP contribution in [0.2, 0.25) is 0 Å². The van der Waals surface area contributed by atoms with Crippen molar-refractivity contribution in [2.24, 2.45) is 0 Å². The minimum absolute atomic E-state index is 0.279. The first-order valence-corrected chi connectivity index (χ1v) is 6.22. The van der Waals surface area contributed by atoms with E-state index in [4.69, 9.17) is 0 Å². The molecule has 2 N–H and O–H groups in total. The van der Waals surface area contributed by atoms with E-state index < -0.39 is 0 Å². The first-order chi connectivity index (χ1) is 8.81. The van der Waals surface area contributed by atoms with E-state index in [2.05, 4.69) is 22.7 Å². The number of nitrogens with one attached hydrogen (secondary N) is 2. The number of carbonyl (C=O) groups excluding carboxylic acids is 1. The predicted octanol–water partition coefficient (Wildman–Crippen LogP) is 1.80. The Kier molecular flexibility index (Phi) is 2.76. The Morgan fingerprint density at radius 1 is 1.56 bits per heavy atom. The van der Waals surface area contributed by atoms with Gasteiger partial charge in [0, 0.05) is 11.1 Å². The minimum atomic E-state index is 0.279. The summed E-state index contributed by atoms with van der Waals surface area (Å²) in [4.78, 5) is 10.6. The van der Waals surface area contributed by atoms with Crippen LogP contribution in [-0.2, 0) is 4.79 Å². The van der Waals surface area contributed by atoms with E-state index in [-0.39, 0.29) is 6.17 Å². The van der Waals surface area contributed by atoms with Gasteiger partial charge < -0.3 is 5.32 Å². The molecule has 1 aliphatic rings. The van der Waals surface area contributed by atoms with Gasteiger partial charge >= 0.3 is 0 Å². The maximum Gasteiger partial charge on any atom is 0.211 e. The number of benzene rings is 1. The lowest BCUT2D eigenvalue weighted by Crippen LogP contribution is -2.21. The predicted molar refractivity (Wildman–Crippen MR) is 70.4 cm³/mol. The molecule has 1 aromatic carbocycles. The smallest absolute Gasteiger partial charge is 0.211 e. The zero-order valence-corrected chi connectivity index (χ0v) is 10.3. The van der Waals surface area contributed by atoms with Gasteiger partial charge in [-0.15, -0.1) is 0 Å². The minimum Gasteiger partial charge on any atom is -0.327 e. The van der Waals surface area contributed by atoms with Gasteiger partial charge in [-0.2, -0.15) is 5.10 Å². The average molecular weight is 244 g/mol. The fraction of sp³-hybridized carbons (Fsp3) is 0.385. The number of aryl methyl sites for hydroxylation is 1. The molecule has 0 spiro atoms. The summed E-state index contributed by atoms with van der Waals surface area (Å²) in [7, 11) is 0. The van der Waals surface area contributed by atoms with Gasteiger partial charge in [0.2, 0.25) is 6.41 Å². The van der Waals surface area contributed by atoms with Gasteiger partial charge in [-0.05, 0) is 32.4 Å². The summed E-state index contributed by atoms with van der Waals surface area (Å²) >= 11 is 0. The highest BCUT2D eigenvalue weighted by Crippen LogP contribution is 2.28. The normalized spacial score (nSPS) is 19.3. The summed E-state index contributed by atoms with van der Waals surface area (Å²) in [6.07, 6.45) is 3.25. The van der Waals surface area contributed by atoms with E-state index in [1.165, 1.54) is 6.42 Å². The molecule has 1 saturated heterocycles. The molecular weight excluding hydrogens is 228 g/mol. The Labute approximate surface area is 105 Å². The van der Waals surface area contributed by atoms with Gasteiger partial charge in [0.05, 0.1) is 5.69 Å². The van der Waals surface area contributed by atoms with Crippen molar-refractivity contribution in [3.63, 3.8) is 0 Å². The lowest BCUT2D eigenvalue weighted by atomic mass is 10.2. The molecule has 1 aliphatic heterocycles. The quantitative estimate of drug-likeness (QED) is 0.809. The number of aromatic nitrogens is 2. The molecule has 0 saturated carbocycles. The van der Waals surface area contributed by atoms with E-state index in [1.807, 2.05) is 22.9 Å². The SMILES string of the molecule is Cc1c2cccc(NC=O)c2nn1C1CCCN1. The maximum atomic E-state index is 10.6. The fourth-order valence-electron chi connectivity index (χ4n) is 2.61. The molecule has 1 fully saturated rings. The number of hydrogen-bond donors (Lipinski definition) is 2. The standard InChI is InChI=1S/C13H16N4O/c1-9-10-4-2-5-11(15-8-18)13(10)16-17(9)12-6-3-7-14-12/h2,4-5,8,12,14H,3,6-7H2,1H3,(H,15,18). The van der Waals surface area contributed by atoms with E-state index in [0.717, 1.165) is 35.2 Å². The second-order valence-corrected chi connectivity index (χ2v) is 4.61. The van der Waals surface area contributed by atoms with Crippen molar-refractivity contribution in [1.29, 1.82) is 0 Å². The number of hydrogen-bond acceptors (Lipinski definition) is 3. The zero-order valence-electron chi connectivity index (χ0n) is 10.3. The lowest BCUT2D eigenvalue weighted by Gasteiger charge is -2.12. The number of carbonyl (C=O) groups is 1. The first-order valence-electron chi connectivity index (χ1n) is 6.22. The Morgan fingerprint density at radius 2 is 2.44 bits per heavy atom. The van der Waals surface area contributed by atoms with Crippen molar-refractivity contribution >= 4 is 23.0 Å². The molecule has 94 valence electrons. The summed E-state index contributed by atoms with van der Waals surface area (Å²) < 4.78 is 2.04. The fourth-order valence-corrected chi connectivity index (χ4v) is 2.61. The van der Waals surface area contributed by atoms with Gasteiger partial charge in [-0.25, -0.2) is 0 Å². The van der Waals surface area contributed by atoms with Crippen molar-refractivity contribution in [2.45, 2.75) is 25.9 Å². The van der Waals surface area contributed by atoms with Crippen molar-refractivity contribution < 1.29 is 4.79 Å². The molecule has 5 heteroatoms. The summed E-state index contributed by atoms with van der Waals surface area (Å²) in [5.41, 5.74) is 2.76. The summed E-state index contributed by atoms with van der Waals surface area (Å²) in [6.45, 7) is 3.11. The van der Waals surface area contributed by atoms with Gasteiger partial charge in [-0.3, -0.25) is 14.8 Å². The maximum absolute atomic E-state index is 10.6. The molecule has 18 heavy (non-hydrogen) atoms. The van der Waals surface area contributed by atoms with Crippen molar-refractivity contribution in [3.05, 3.63) is 23.9 Å². The van der Waals surface area contributed by atoms with Crippen LogP contribution in [0.3, 0.4) is 0 Å². The number of anilines is 1. The molecule has 5 nitrogen and oxygen atoms in total. The molecule has 1 unspecified atom stereocenters.